The van der Waals surface area contributed by atoms with Gasteiger partial charge in [0, 0.05) is 11.8 Å². The molecule has 0 aliphatic rings. The summed E-state index contributed by atoms with van der Waals surface area (Å²) < 4.78 is 41.3. The van der Waals surface area contributed by atoms with Gasteiger partial charge in [0.25, 0.3) is 0 Å². The van der Waals surface area contributed by atoms with E-state index in [-0.39, 0.29) is 11.1 Å². The fourth-order valence-corrected chi connectivity index (χ4v) is 2.30. The number of halogens is 3. The van der Waals surface area contributed by atoms with Gasteiger partial charge in [0.05, 0.1) is 0 Å². The third-order valence-corrected chi connectivity index (χ3v) is 3.37. The number of nitrogens with two attached hydrogens (primary N) is 1. The van der Waals surface area contributed by atoms with E-state index in [0.29, 0.717) is 11.1 Å². The van der Waals surface area contributed by atoms with Gasteiger partial charge in [-0.25, -0.2) is 13.8 Å². The molecule has 2 nitrogen and oxygen atoms in total. The largest absolute Gasteiger partial charge is 0.394 e. The molecule has 0 aliphatic carbocycles. The molecule has 3 aromatic rings. The minimum Gasteiger partial charge on any atom is -0.394 e. The van der Waals surface area contributed by atoms with Gasteiger partial charge in [-0.1, -0.05) is 24.3 Å². The van der Waals surface area contributed by atoms with Gasteiger partial charge in [-0.2, -0.15) is 4.39 Å². The van der Waals surface area contributed by atoms with Crippen molar-refractivity contribution < 1.29 is 13.2 Å². The van der Waals surface area contributed by atoms with Gasteiger partial charge in [-0.15, -0.1) is 0 Å². The van der Waals surface area contributed by atoms with Crippen LogP contribution < -0.4 is 5.73 Å². The average molecular weight is 300 g/mol. The lowest BCUT2D eigenvalue weighted by atomic mass is 9.95. The normalized spacial score (nSPS) is 10.7. The highest BCUT2D eigenvalue weighted by Gasteiger charge is 2.14. The van der Waals surface area contributed by atoms with Gasteiger partial charge in [0.15, 0.2) is 0 Å². The summed E-state index contributed by atoms with van der Waals surface area (Å²) in [5.74, 6) is -2.35. The molecule has 0 saturated heterocycles. The van der Waals surface area contributed by atoms with Crippen LogP contribution in [0.4, 0.5) is 18.9 Å². The molecule has 1 aromatic heterocycles. The maximum absolute atomic E-state index is 13.9. The Hall–Kier alpha value is -2.82. The number of anilines is 1. The summed E-state index contributed by atoms with van der Waals surface area (Å²) in [7, 11) is 0. The van der Waals surface area contributed by atoms with Crippen molar-refractivity contribution in [2.45, 2.75) is 0 Å². The number of hydrogen-bond donors (Lipinski definition) is 1. The first-order valence-corrected chi connectivity index (χ1v) is 6.52. The van der Waals surface area contributed by atoms with Crippen LogP contribution in [0.3, 0.4) is 0 Å². The summed E-state index contributed by atoms with van der Waals surface area (Å²) in [6.07, 6.45) is 1.34. The van der Waals surface area contributed by atoms with Crippen LogP contribution >= 0.6 is 0 Å². The lowest BCUT2D eigenvalue weighted by Crippen LogP contribution is -1.97. The van der Waals surface area contributed by atoms with E-state index in [1.54, 1.807) is 36.4 Å². The van der Waals surface area contributed by atoms with Crippen molar-refractivity contribution in [2.75, 3.05) is 5.73 Å². The van der Waals surface area contributed by atoms with E-state index in [0.717, 1.165) is 12.1 Å². The van der Waals surface area contributed by atoms with Gasteiger partial charge < -0.3 is 5.73 Å². The summed E-state index contributed by atoms with van der Waals surface area (Å²) >= 11 is 0. The van der Waals surface area contributed by atoms with Crippen molar-refractivity contribution in [3.63, 3.8) is 0 Å². The summed E-state index contributed by atoms with van der Waals surface area (Å²) in [6, 6.07) is 12.2. The van der Waals surface area contributed by atoms with E-state index >= 15 is 0 Å². The van der Waals surface area contributed by atoms with E-state index in [1.165, 1.54) is 6.20 Å². The molecule has 2 N–H and O–H groups in total. The summed E-state index contributed by atoms with van der Waals surface area (Å²) in [6.45, 7) is 0. The molecule has 0 amide bonds. The molecular formula is C17H11F3N2. The molecule has 0 bridgehead atoms. The number of nitrogens with zero attached hydrogens (tertiary/aromatic N) is 1. The van der Waals surface area contributed by atoms with Crippen molar-refractivity contribution in [3.05, 3.63) is 72.3 Å². The van der Waals surface area contributed by atoms with E-state index in [1.807, 2.05) is 0 Å². The predicted molar refractivity (Wildman–Crippen MR) is 79.4 cm³/mol. The topological polar surface area (TPSA) is 38.9 Å². The highest BCUT2D eigenvalue weighted by atomic mass is 19.1. The van der Waals surface area contributed by atoms with Crippen molar-refractivity contribution in [1.82, 2.24) is 4.98 Å². The molecule has 0 radical (unpaired) electrons. The van der Waals surface area contributed by atoms with Crippen molar-refractivity contribution in [1.29, 1.82) is 0 Å². The first-order chi connectivity index (χ1) is 10.6. The second-order valence-corrected chi connectivity index (χ2v) is 4.74. The Morgan fingerprint density at radius 1 is 0.773 bits per heavy atom. The van der Waals surface area contributed by atoms with E-state index < -0.39 is 23.3 Å². The smallest absolute Gasteiger partial charge is 0.220 e. The zero-order valence-electron chi connectivity index (χ0n) is 11.4. The first kappa shape index (κ1) is 14.1. The average Bonchev–Trinajstić information content (AvgIpc) is 2.53. The highest BCUT2D eigenvalue weighted by Crippen LogP contribution is 2.34. The van der Waals surface area contributed by atoms with Crippen molar-refractivity contribution >= 4 is 5.69 Å². The SMILES string of the molecule is Nc1c(F)cc(-c2ccccc2-c2cccnc2F)cc1F. The van der Waals surface area contributed by atoms with Gasteiger partial charge in [0.1, 0.15) is 17.3 Å². The quantitative estimate of drug-likeness (QED) is 0.562. The van der Waals surface area contributed by atoms with Crippen LogP contribution in [0.2, 0.25) is 0 Å². The Balaban J connectivity index is 2.24. The fraction of sp³-hybridized carbons (Fsp3) is 0. The summed E-state index contributed by atoms with van der Waals surface area (Å²) in [5, 5.41) is 0. The van der Waals surface area contributed by atoms with E-state index in [9.17, 15) is 13.2 Å². The standard InChI is InChI=1S/C17H11F3N2/c18-14-8-10(9-15(19)16(14)21)11-4-1-2-5-12(11)13-6-3-7-22-17(13)20/h1-9H,21H2. The van der Waals surface area contributed by atoms with Crippen LogP contribution in [0.25, 0.3) is 22.3 Å². The highest BCUT2D eigenvalue weighted by molar-refractivity contribution is 5.83. The Morgan fingerprint density at radius 3 is 2.00 bits per heavy atom. The van der Waals surface area contributed by atoms with Gasteiger partial charge >= 0.3 is 0 Å². The monoisotopic (exact) mass is 300 g/mol. The Bertz CT molecular complexity index is 824. The van der Waals surface area contributed by atoms with E-state index in [2.05, 4.69) is 4.98 Å². The second kappa shape index (κ2) is 5.52. The zero-order valence-corrected chi connectivity index (χ0v) is 11.4. The van der Waals surface area contributed by atoms with Crippen molar-refractivity contribution in [3.8, 4) is 22.3 Å². The molecule has 2 aromatic carbocycles. The first-order valence-electron chi connectivity index (χ1n) is 6.52. The molecule has 22 heavy (non-hydrogen) atoms. The van der Waals surface area contributed by atoms with Crippen LogP contribution in [0.1, 0.15) is 0 Å². The molecule has 0 spiro atoms. The minimum atomic E-state index is -0.850. The lowest BCUT2D eigenvalue weighted by molar-refractivity contribution is 0.587. The molecule has 0 saturated carbocycles. The molecule has 0 unspecified atom stereocenters. The van der Waals surface area contributed by atoms with Crippen LogP contribution in [-0.2, 0) is 0 Å². The van der Waals surface area contributed by atoms with Gasteiger partial charge in [-0.3, -0.25) is 0 Å². The van der Waals surface area contributed by atoms with Gasteiger partial charge in [-0.05, 0) is 41.0 Å². The Morgan fingerprint density at radius 2 is 1.36 bits per heavy atom. The number of rotatable bonds is 2. The van der Waals surface area contributed by atoms with Crippen LogP contribution in [-0.4, -0.2) is 4.98 Å². The molecule has 0 atom stereocenters. The summed E-state index contributed by atoms with van der Waals surface area (Å²) in [5.41, 5.74) is 6.28. The fourth-order valence-electron chi connectivity index (χ4n) is 2.30. The maximum atomic E-state index is 13.9. The van der Waals surface area contributed by atoms with E-state index in [4.69, 9.17) is 5.73 Å². The summed E-state index contributed by atoms with van der Waals surface area (Å²) in [4.78, 5) is 3.60. The number of aromatic nitrogens is 1. The van der Waals surface area contributed by atoms with Gasteiger partial charge in [0.2, 0.25) is 5.95 Å². The van der Waals surface area contributed by atoms with Crippen molar-refractivity contribution in [2.24, 2.45) is 0 Å². The predicted octanol–water partition coefficient (Wildman–Crippen LogP) is 4.42. The maximum Gasteiger partial charge on any atom is 0.220 e. The van der Waals surface area contributed by atoms with Crippen LogP contribution in [0.15, 0.2) is 54.7 Å². The third-order valence-electron chi connectivity index (χ3n) is 3.37. The third kappa shape index (κ3) is 2.41. The number of pyridine rings is 1. The molecule has 110 valence electrons. The Kier molecular flexibility index (Phi) is 3.55. The molecule has 1 heterocycles. The molecule has 0 aliphatic heterocycles. The number of nitrogen functional groups attached to an aromatic ring is 1. The molecular weight excluding hydrogens is 289 g/mol. The second-order valence-electron chi connectivity index (χ2n) is 4.74. The Labute approximate surface area is 125 Å². The molecule has 0 fully saturated rings. The molecule has 3 rings (SSSR count). The molecule has 5 heteroatoms. The number of hydrogen-bond acceptors (Lipinski definition) is 2. The van der Waals surface area contributed by atoms with Crippen LogP contribution in [0, 0.1) is 17.6 Å². The van der Waals surface area contributed by atoms with Crippen LogP contribution in [0.5, 0.6) is 0 Å². The number of benzene rings is 2. The lowest BCUT2D eigenvalue weighted by Gasteiger charge is -2.11. The minimum absolute atomic E-state index is 0.260. The zero-order chi connectivity index (χ0) is 15.7.